The van der Waals surface area contributed by atoms with Crippen molar-refractivity contribution in [3.8, 4) is 5.75 Å². The molecule has 0 fully saturated rings. The third kappa shape index (κ3) is 4.13. The Hall–Kier alpha value is -1.71. The lowest BCUT2D eigenvalue weighted by molar-refractivity contribution is -0.122. The fourth-order valence-corrected chi connectivity index (χ4v) is 2.20. The summed E-state index contributed by atoms with van der Waals surface area (Å²) in [6.07, 6.45) is -0.652. The molecule has 1 N–H and O–H groups in total. The molecule has 0 bridgehead atoms. The summed E-state index contributed by atoms with van der Waals surface area (Å²) in [5, 5.41) is 3.86. The van der Waals surface area contributed by atoms with Gasteiger partial charge in [0.05, 0.1) is 10.7 Å². The van der Waals surface area contributed by atoms with Gasteiger partial charge in [-0.15, -0.1) is 0 Å². The number of aryl methyl sites for hydroxylation is 1. The summed E-state index contributed by atoms with van der Waals surface area (Å²) in [4.78, 5) is 12.1. The number of para-hydroxylation sites is 1. The second-order valence-electron chi connectivity index (χ2n) is 4.64. The molecule has 0 spiro atoms. The van der Waals surface area contributed by atoms with Crippen molar-refractivity contribution in [1.29, 1.82) is 0 Å². The summed E-state index contributed by atoms with van der Waals surface area (Å²) in [5.41, 5.74) is 1.44. The lowest BCUT2D eigenvalue weighted by Crippen LogP contribution is -2.30. The molecule has 1 atom stereocenters. The first-order valence-corrected chi connectivity index (χ1v) is 7.21. The van der Waals surface area contributed by atoms with Gasteiger partial charge >= 0.3 is 0 Å². The molecule has 1 amide bonds. The number of benzene rings is 2. The van der Waals surface area contributed by atoms with Crippen LogP contribution in [-0.2, 0) is 4.79 Å². The Morgan fingerprint density at radius 2 is 1.90 bits per heavy atom. The van der Waals surface area contributed by atoms with Gasteiger partial charge in [0.25, 0.3) is 5.91 Å². The van der Waals surface area contributed by atoms with Gasteiger partial charge in [-0.25, -0.2) is 0 Å². The molecule has 0 aromatic heterocycles. The lowest BCUT2D eigenvalue weighted by atomic mass is 10.2. The molecule has 110 valence electrons. The normalized spacial score (nSPS) is 11.8. The highest BCUT2D eigenvalue weighted by Crippen LogP contribution is 2.24. The maximum Gasteiger partial charge on any atom is 0.265 e. The van der Waals surface area contributed by atoms with E-state index in [4.69, 9.17) is 27.9 Å². The summed E-state index contributed by atoms with van der Waals surface area (Å²) in [6.45, 7) is 3.56. The minimum Gasteiger partial charge on any atom is -0.481 e. The van der Waals surface area contributed by atoms with Gasteiger partial charge in [0.15, 0.2) is 6.10 Å². The molecule has 2 aromatic rings. The van der Waals surface area contributed by atoms with Crippen molar-refractivity contribution in [2.24, 2.45) is 0 Å². The third-order valence-corrected chi connectivity index (χ3v) is 3.51. The minimum absolute atomic E-state index is 0.266. The molecule has 0 heterocycles. The predicted octanol–water partition coefficient (Wildman–Crippen LogP) is 4.71. The van der Waals surface area contributed by atoms with Crippen molar-refractivity contribution in [2.75, 3.05) is 5.32 Å². The van der Waals surface area contributed by atoms with Crippen molar-refractivity contribution in [1.82, 2.24) is 0 Å². The molecule has 5 heteroatoms. The summed E-state index contributed by atoms with van der Waals surface area (Å²) < 4.78 is 5.66. The van der Waals surface area contributed by atoms with E-state index in [2.05, 4.69) is 5.32 Å². The Bertz CT molecular complexity index is 658. The monoisotopic (exact) mass is 323 g/mol. The Balaban J connectivity index is 2.04. The zero-order valence-corrected chi connectivity index (χ0v) is 13.2. The van der Waals surface area contributed by atoms with Crippen LogP contribution in [0.1, 0.15) is 12.5 Å². The quantitative estimate of drug-likeness (QED) is 0.885. The first-order chi connectivity index (χ1) is 9.97. The van der Waals surface area contributed by atoms with Crippen LogP contribution in [0.15, 0.2) is 42.5 Å². The fourth-order valence-electron chi connectivity index (χ4n) is 1.79. The number of carbonyl (C=O) groups excluding carboxylic acids is 1. The SMILES string of the molecule is Cc1cc(Cl)ccc1O[C@H](C)C(=O)Nc1ccccc1Cl. The Morgan fingerprint density at radius 1 is 1.19 bits per heavy atom. The highest BCUT2D eigenvalue weighted by molar-refractivity contribution is 6.33. The number of rotatable bonds is 4. The Morgan fingerprint density at radius 3 is 2.57 bits per heavy atom. The number of carbonyl (C=O) groups is 1. The summed E-state index contributed by atoms with van der Waals surface area (Å²) in [5.74, 6) is 0.360. The van der Waals surface area contributed by atoms with E-state index < -0.39 is 6.10 Å². The van der Waals surface area contributed by atoms with Crippen molar-refractivity contribution >= 4 is 34.8 Å². The molecule has 0 aliphatic rings. The molecular weight excluding hydrogens is 309 g/mol. The molecular formula is C16H15Cl2NO2. The maximum atomic E-state index is 12.1. The third-order valence-electron chi connectivity index (χ3n) is 2.94. The van der Waals surface area contributed by atoms with Crippen LogP contribution < -0.4 is 10.1 Å². The summed E-state index contributed by atoms with van der Waals surface area (Å²) in [6, 6.07) is 12.3. The van der Waals surface area contributed by atoms with Gasteiger partial charge in [-0.1, -0.05) is 35.3 Å². The zero-order valence-electron chi connectivity index (χ0n) is 11.7. The highest BCUT2D eigenvalue weighted by atomic mass is 35.5. The number of halogens is 2. The smallest absolute Gasteiger partial charge is 0.265 e. The molecule has 3 nitrogen and oxygen atoms in total. The van der Waals surface area contributed by atoms with E-state index in [0.717, 1.165) is 5.56 Å². The molecule has 0 aliphatic carbocycles. The first kappa shape index (κ1) is 15.7. The molecule has 0 saturated carbocycles. The van der Waals surface area contributed by atoms with E-state index in [1.165, 1.54) is 0 Å². The Kier molecular flexibility index (Phi) is 5.10. The molecule has 0 unspecified atom stereocenters. The minimum atomic E-state index is -0.652. The maximum absolute atomic E-state index is 12.1. The van der Waals surface area contributed by atoms with E-state index in [9.17, 15) is 4.79 Å². The van der Waals surface area contributed by atoms with E-state index in [0.29, 0.717) is 21.5 Å². The summed E-state index contributed by atoms with van der Waals surface area (Å²) >= 11 is 11.9. The second-order valence-corrected chi connectivity index (χ2v) is 5.48. The predicted molar refractivity (Wildman–Crippen MR) is 86.4 cm³/mol. The van der Waals surface area contributed by atoms with Crippen LogP contribution >= 0.6 is 23.2 Å². The van der Waals surface area contributed by atoms with E-state index >= 15 is 0 Å². The second kappa shape index (κ2) is 6.83. The molecule has 21 heavy (non-hydrogen) atoms. The van der Waals surface area contributed by atoms with Gasteiger partial charge in [0, 0.05) is 5.02 Å². The van der Waals surface area contributed by atoms with Crippen LogP contribution in [-0.4, -0.2) is 12.0 Å². The summed E-state index contributed by atoms with van der Waals surface area (Å²) in [7, 11) is 0. The average Bonchev–Trinajstić information content (AvgIpc) is 2.44. The van der Waals surface area contributed by atoms with E-state index in [1.807, 2.05) is 6.92 Å². The molecule has 2 aromatic carbocycles. The fraction of sp³-hybridized carbons (Fsp3) is 0.188. The number of anilines is 1. The van der Waals surface area contributed by atoms with Gasteiger partial charge in [0.1, 0.15) is 5.75 Å². The number of ether oxygens (including phenoxy) is 1. The van der Waals surface area contributed by atoms with E-state index in [1.54, 1.807) is 49.4 Å². The molecule has 0 radical (unpaired) electrons. The zero-order chi connectivity index (χ0) is 15.4. The van der Waals surface area contributed by atoms with Crippen LogP contribution in [0.2, 0.25) is 10.0 Å². The van der Waals surface area contributed by atoms with Crippen LogP contribution in [0.25, 0.3) is 0 Å². The van der Waals surface area contributed by atoms with Crippen molar-refractivity contribution in [3.63, 3.8) is 0 Å². The van der Waals surface area contributed by atoms with Crippen LogP contribution in [0.4, 0.5) is 5.69 Å². The highest BCUT2D eigenvalue weighted by Gasteiger charge is 2.16. The topological polar surface area (TPSA) is 38.3 Å². The van der Waals surface area contributed by atoms with Crippen LogP contribution in [0.5, 0.6) is 5.75 Å². The van der Waals surface area contributed by atoms with E-state index in [-0.39, 0.29) is 5.91 Å². The average molecular weight is 324 g/mol. The Labute approximate surface area is 133 Å². The standard InChI is InChI=1S/C16H15Cl2NO2/c1-10-9-12(17)7-8-15(10)21-11(2)16(20)19-14-6-4-3-5-13(14)18/h3-9,11H,1-2H3,(H,19,20)/t11-/m1/s1. The lowest BCUT2D eigenvalue weighted by Gasteiger charge is -2.16. The van der Waals surface area contributed by atoms with Gasteiger partial charge in [-0.05, 0) is 49.7 Å². The number of hydrogen-bond acceptors (Lipinski definition) is 2. The van der Waals surface area contributed by atoms with Crippen molar-refractivity contribution in [2.45, 2.75) is 20.0 Å². The van der Waals surface area contributed by atoms with Gasteiger partial charge in [-0.2, -0.15) is 0 Å². The van der Waals surface area contributed by atoms with Crippen molar-refractivity contribution in [3.05, 3.63) is 58.1 Å². The molecule has 0 saturated heterocycles. The van der Waals surface area contributed by atoms with Gasteiger partial charge < -0.3 is 10.1 Å². The molecule has 2 rings (SSSR count). The largest absolute Gasteiger partial charge is 0.481 e. The number of nitrogens with one attached hydrogen (secondary N) is 1. The van der Waals surface area contributed by atoms with Crippen LogP contribution in [0, 0.1) is 6.92 Å². The van der Waals surface area contributed by atoms with Gasteiger partial charge in [0.2, 0.25) is 0 Å². The number of hydrogen-bond donors (Lipinski definition) is 1. The van der Waals surface area contributed by atoms with Crippen molar-refractivity contribution < 1.29 is 9.53 Å². The van der Waals surface area contributed by atoms with Crippen LogP contribution in [0.3, 0.4) is 0 Å². The first-order valence-electron chi connectivity index (χ1n) is 6.45. The number of amides is 1. The molecule has 0 aliphatic heterocycles. The van der Waals surface area contributed by atoms with Gasteiger partial charge in [-0.3, -0.25) is 4.79 Å².